The fourth-order valence-corrected chi connectivity index (χ4v) is 3.90. The van der Waals surface area contributed by atoms with E-state index in [-0.39, 0.29) is 11.5 Å². The van der Waals surface area contributed by atoms with Crippen LogP contribution in [-0.4, -0.2) is 53.9 Å². The maximum atomic E-state index is 6.03. The van der Waals surface area contributed by atoms with Gasteiger partial charge in [-0.05, 0) is 12.7 Å². The van der Waals surface area contributed by atoms with Crippen molar-refractivity contribution in [2.24, 2.45) is 21.9 Å². The van der Waals surface area contributed by atoms with Gasteiger partial charge in [0.15, 0.2) is 0 Å². The van der Waals surface area contributed by atoms with Gasteiger partial charge in [-0.3, -0.25) is 4.90 Å². The molecule has 5 nitrogen and oxygen atoms in total. The minimum atomic E-state index is -0.102. The molecule has 0 aromatic carbocycles. The molecule has 2 N–H and O–H groups in total. The van der Waals surface area contributed by atoms with Crippen molar-refractivity contribution in [3.8, 4) is 0 Å². The Morgan fingerprint density at radius 3 is 2.67 bits per heavy atom. The summed E-state index contributed by atoms with van der Waals surface area (Å²) in [7, 11) is 0. The Balaban J connectivity index is 2.38. The number of thioether (sulfide) groups is 1. The maximum Gasteiger partial charge on any atom is 0.127 e. The molecule has 18 heavy (non-hydrogen) atoms. The zero-order valence-corrected chi connectivity index (χ0v) is 12.2. The number of ether oxygens (including phenoxy) is 1. The minimum Gasteiger partial charge on any atom is -0.385 e. The first kappa shape index (κ1) is 13.8. The van der Waals surface area contributed by atoms with Crippen LogP contribution in [0.1, 0.15) is 20.3 Å². The predicted octanol–water partition coefficient (Wildman–Crippen LogP) is 1.15. The molecule has 2 rings (SSSR count). The van der Waals surface area contributed by atoms with Gasteiger partial charge >= 0.3 is 0 Å². The topological polar surface area (TPSA) is 63.2 Å². The van der Waals surface area contributed by atoms with Crippen molar-refractivity contribution in [3.63, 3.8) is 0 Å². The molecule has 0 aliphatic carbocycles. The molecular formula is C12H22N4OS. The summed E-state index contributed by atoms with van der Waals surface area (Å²) in [5, 5.41) is 9.52. The number of nitrogens with two attached hydrogens (primary N) is 1. The summed E-state index contributed by atoms with van der Waals surface area (Å²) in [6.45, 7) is 7.80. The summed E-state index contributed by atoms with van der Waals surface area (Å²) < 4.78 is 5.46. The summed E-state index contributed by atoms with van der Waals surface area (Å²) in [6, 6.07) is 0. The lowest BCUT2D eigenvalue weighted by atomic mass is 9.80. The largest absolute Gasteiger partial charge is 0.385 e. The van der Waals surface area contributed by atoms with E-state index in [9.17, 15) is 0 Å². The van der Waals surface area contributed by atoms with Crippen LogP contribution in [0.5, 0.6) is 0 Å². The van der Waals surface area contributed by atoms with Crippen molar-refractivity contribution in [2.45, 2.75) is 25.8 Å². The highest BCUT2D eigenvalue weighted by atomic mass is 32.2. The van der Waals surface area contributed by atoms with Crippen molar-refractivity contribution in [1.29, 1.82) is 0 Å². The lowest BCUT2D eigenvalue weighted by Gasteiger charge is -2.49. The smallest absolute Gasteiger partial charge is 0.127 e. The third-order valence-corrected chi connectivity index (χ3v) is 4.92. The molecule has 0 bridgehead atoms. The molecule has 2 atom stereocenters. The van der Waals surface area contributed by atoms with Gasteiger partial charge < -0.3 is 10.5 Å². The van der Waals surface area contributed by atoms with Crippen LogP contribution in [0.25, 0.3) is 0 Å². The van der Waals surface area contributed by atoms with Crippen LogP contribution in [0.3, 0.4) is 0 Å². The van der Waals surface area contributed by atoms with Gasteiger partial charge in [-0.15, -0.1) is 22.0 Å². The van der Waals surface area contributed by atoms with Crippen LogP contribution in [0, 0.1) is 5.92 Å². The monoisotopic (exact) mass is 270 g/mol. The highest BCUT2D eigenvalue weighted by Crippen LogP contribution is 2.37. The number of nitrogens with zero attached hydrogens (tertiary/aromatic N) is 3. The van der Waals surface area contributed by atoms with E-state index < -0.39 is 0 Å². The fourth-order valence-electron chi connectivity index (χ4n) is 2.98. The van der Waals surface area contributed by atoms with Gasteiger partial charge in [-0.25, -0.2) is 0 Å². The number of rotatable bonds is 2. The molecule has 2 aliphatic rings. The molecular weight excluding hydrogens is 248 g/mol. The van der Waals surface area contributed by atoms with Gasteiger partial charge in [0.05, 0.1) is 18.8 Å². The molecule has 2 unspecified atom stereocenters. The average Bonchev–Trinajstić information content (AvgIpc) is 2.43. The summed E-state index contributed by atoms with van der Waals surface area (Å²) in [5.74, 6) is 0.835. The van der Waals surface area contributed by atoms with Crippen molar-refractivity contribution >= 4 is 22.6 Å². The lowest BCUT2D eigenvalue weighted by Crippen LogP contribution is -2.64. The van der Waals surface area contributed by atoms with E-state index in [1.165, 1.54) is 0 Å². The van der Waals surface area contributed by atoms with E-state index in [0.717, 1.165) is 37.8 Å². The summed E-state index contributed by atoms with van der Waals surface area (Å²) in [4.78, 5) is 2.47. The summed E-state index contributed by atoms with van der Waals surface area (Å²) in [6.07, 6.45) is 3.05. The number of hydrogen-bond donors (Lipinski definition) is 1. The predicted molar refractivity (Wildman–Crippen MR) is 77.2 cm³/mol. The van der Waals surface area contributed by atoms with Crippen LogP contribution in [0.15, 0.2) is 10.2 Å². The Morgan fingerprint density at radius 2 is 2.11 bits per heavy atom. The SMILES string of the molecule is CCC1(N2CCOCC2)C(SC)=NN=C(N)C1C. The molecule has 1 saturated heterocycles. The van der Waals surface area contributed by atoms with Crippen LogP contribution in [0.4, 0.5) is 0 Å². The van der Waals surface area contributed by atoms with Crippen molar-refractivity contribution in [2.75, 3.05) is 32.6 Å². The van der Waals surface area contributed by atoms with E-state index in [1.807, 2.05) is 0 Å². The number of hydrogen-bond acceptors (Lipinski definition) is 6. The highest BCUT2D eigenvalue weighted by Gasteiger charge is 2.48. The Hall–Kier alpha value is -0.590. The molecule has 0 aromatic rings. The second-order valence-electron chi connectivity index (χ2n) is 4.73. The van der Waals surface area contributed by atoms with Gasteiger partial charge in [-0.1, -0.05) is 13.8 Å². The molecule has 0 amide bonds. The van der Waals surface area contributed by atoms with Crippen LogP contribution in [-0.2, 0) is 4.74 Å². The minimum absolute atomic E-state index is 0.102. The van der Waals surface area contributed by atoms with Gasteiger partial charge in [0.25, 0.3) is 0 Å². The quantitative estimate of drug-likeness (QED) is 0.817. The Bertz CT molecular complexity index is 365. The molecule has 2 heterocycles. The molecule has 102 valence electrons. The first-order chi connectivity index (χ1) is 8.66. The van der Waals surface area contributed by atoms with E-state index in [0.29, 0.717) is 5.84 Å². The second kappa shape index (κ2) is 5.59. The molecule has 0 aromatic heterocycles. The van der Waals surface area contributed by atoms with Gasteiger partial charge in [-0.2, -0.15) is 0 Å². The maximum absolute atomic E-state index is 6.03. The Labute approximate surface area is 113 Å². The first-order valence-corrected chi connectivity index (χ1v) is 7.67. The zero-order valence-electron chi connectivity index (χ0n) is 11.3. The zero-order chi connectivity index (χ0) is 13.2. The number of amidine groups is 1. The Kier molecular flexibility index (Phi) is 4.29. The first-order valence-electron chi connectivity index (χ1n) is 6.45. The summed E-state index contributed by atoms with van der Waals surface area (Å²) >= 11 is 1.68. The standard InChI is InChI=1S/C12H22N4OS/c1-4-12(16-5-7-17-8-6-16)9(2)10(13)14-15-11(12)18-3/h9H,4-8H2,1-3H3,(H2,13,14). The molecule has 1 fully saturated rings. The Morgan fingerprint density at radius 1 is 1.44 bits per heavy atom. The van der Waals surface area contributed by atoms with Crippen molar-refractivity contribution < 1.29 is 4.74 Å². The van der Waals surface area contributed by atoms with Crippen LogP contribution < -0.4 is 5.73 Å². The second-order valence-corrected chi connectivity index (χ2v) is 5.53. The van der Waals surface area contributed by atoms with E-state index in [1.54, 1.807) is 11.8 Å². The van der Waals surface area contributed by atoms with Crippen molar-refractivity contribution in [3.05, 3.63) is 0 Å². The molecule has 0 radical (unpaired) electrons. The molecule has 2 aliphatic heterocycles. The number of morpholine rings is 1. The van der Waals surface area contributed by atoms with Gasteiger partial charge in [0, 0.05) is 19.0 Å². The third kappa shape index (κ3) is 2.06. The molecule has 0 spiro atoms. The van der Waals surface area contributed by atoms with E-state index in [4.69, 9.17) is 10.5 Å². The average molecular weight is 270 g/mol. The lowest BCUT2D eigenvalue weighted by molar-refractivity contribution is -0.00880. The molecule has 0 saturated carbocycles. The normalized spacial score (nSPS) is 34.1. The van der Waals surface area contributed by atoms with Gasteiger partial charge in [0.2, 0.25) is 0 Å². The van der Waals surface area contributed by atoms with Crippen LogP contribution >= 0.6 is 11.8 Å². The van der Waals surface area contributed by atoms with E-state index >= 15 is 0 Å². The third-order valence-electron chi connectivity index (χ3n) is 4.09. The van der Waals surface area contributed by atoms with Crippen molar-refractivity contribution in [1.82, 2.24) is 4.90 Å². The summed E-state index contributed by atoms with van der Waals surface area (Å²) in [5.41, 5.74) is 5.93. The van der Waals surface area contributed by atoms with E-state index in [2.05, 4.69) is 35.2 Å². The highest BCUT2D eigenvalue weighted by molar-refractivity contribution is 8.13. The van der Waals surface area contributed by atoms with Gasteiger partial charge in [0.1, 0.15) is 10.9 Å². The van der Waals surface area contributed by atoms with Crippen LogP contribution in [0.2, 0.25) is 0 Å². The fraction of sp³-hybridized carbons (Fsp3) is 0.833. The molecule has 6 heteroatoms.